The minimum absolute atomic E-state index is 0.167. The van der Waals surface area contributed by atoms with Crippen LogP contribution in [0.4, 0.5) is 0 Å². The Hall–Kier alpha value is -1.17. The molecule has 1 N–H and O–H groups in total. The lowest BCUT2D eigenvalue weighted by Crippen LogP contribution is -2.04. The van der Waals surface area contributed by atoms with Crippen LogP contribution in [0, 0.1) is 0 Å². The summed E-state index contributed by atoms with van der Waals surface area (Å²) in [5.41, 5.74) is 0.548. The molecule has 0 aliphatic rings. The van der Waals surface area contributed by atoms with E-state index in [9.17, 15) is 8.42 Å². The lowest BCUT2D eigenvalue weighted by Gasteiger charge is -2.09. The minimum atomic E-state index is -3.56. The number of benzene rings is 2. The van der Waals surface area contributed by atoms with Crippen LogP contribution in [0.15, 0.2) is 62.8 Å². The summed E-state index contributed by atoms with van der Waals surface area (Å²) < 4.78 is 25.2. The SMILES string of the molecule is O=S(=O)(c1ccccc1)c1cccc(CO)c1Br. The van der Waals surface area contributed by atoms with E-state index in [-0.39, 0.29) is 16.4 Å². The van der Waals surface area contributed by atoms with E-state index in [1.165, 1.54) is 6.07 Å². The van der Waals surface area contributed by atoms with Crippen molar-refractivity contribution in [2.45, 2.75) is 16.4 Å². The third-order valence-corrected chi connectivity index (χ3v) is 5.57. The van der Waals surface area contributed by atoms with Crippen LogP contribution in [-0.2, 0) is 16.4 Å². The lowest BCUT2D eigenvalue weighted by atomic mass is 10.2. The Morgan fingerprint density at radius 1 is 1.00 bits per heavy atom. The molecule has 0 heterocycles. The van der Waals surface area contributed by atoms with E-state index >= 15 is 0 Å². The molecule has 0 spiro atoms. The fourth-order valence-corrected chi connectivity index (χ4v) is 4.04. The van der Waals surface area contributed by atoms with Crippen molar-refractivity contribution in [3.05, 3.63) is 58.6 Å². The Bertz CT molecular complexity index is 651. The van der Waals surface area contributed by atoms with Crippen molar-refractivity contribution >= 4 is 25.8 Å². The van der Waals surface area contributed by atoms with Gasteiger partial charge in [-0.2, -0.15) is 0 Å². The summed E-state index contributed by atoms with van der Waals surface area (Å²) in [6, 6.07) is 13.0. The number of rotatable bonds is 3. The second-order valence-corrected chi connectivity index (χ2v) is 6.41. The topological polar surface area (TPSA) is 54.4 Å². The first-order chi connectivity index (χ1) is 8.57. The molecule has 0 aromatic heterocycles. The number of aliphatic hydroxyl groups is 1. The highest BCUT2D eigenvalue weighted by Crippen LogP contribution is 2.30. The largest absolute Gasteiger partial charge is 0.392 e. The Labute approximate surface area is 114 Å². The van der Waals surface area contributed by atoms with E-state index in [0.717, 1.165) is 0 Å². The van der Waals surface area contributed by atoms with Crippen LogP contribution in [0.5, 0.6) is 0 Å². The van der Waals surface area contributed by atoms with Crippen LogP contribution in [0.25, 0.3) is 0 Å². The van der Waals surface area contributed by atoms with E-state index in [1.807, 2.05) is 0 Å². The molecule has 2 aromatic rings. The first-order valence-corrected chi connectivity index (χ1v) is 7.53. The Balaban J connectivity index is 2.63. The van der Waals surface area contributed by atoms with Gasteiger partial charge in [-0.3, -0.25) is 0 Å². The van der Waals surface area contributed by atoms with E-state index in [2.05, 4.69) is 15.9 Å². The summed E-state index contributed by atoms with van der Waals surface area (Å²) in [6.07, 6.45) is 0. The van der Waals surface area contributed by atoms with Gasteiger partial charge >= 0.3 is 0 Å². The monoisotopic (exact) mass is 326 g/mol. The fourth-order valence-electron chi connectivity index (χ4n) is 1.61. The summed E-state index contributed by atoms with van der Waals surface area (Å²) in [6.45, 7) is -0.210. The Morgan fingerprint density at radius 3 is 2.28 bits per heavy atom. The third kappa shape index (κ3) is 2.34. The molecule has 0 aliphatic carbocycles. The van der Waals surface area contributed by atoms with Gasteiger partial charge in [0, 0.05) is 4.47 Å². The smallest absolute Gasteiger partial charge is 0.207 e. The number of halogens is 1. The van der Waals surface area contributed by atoms with Gasteiger partial charge < -0.3 is 5.11 Å². The van der Waals surface area contributed by atoms with Gasteiger partial charge in [-0.25, -0.2) is 8.42 Å². The number of sulfone groups is 1. The molecule has 0 saturated heterocycles. The van der Waals surface area contributed by atoms with Gasteiger partial charge in [0.1, 0.15) is 0 Å². The zero-order chi connectivity index (χ0) is 13.2. The molecule has 3 nitrogen and oxygen atoms in total. The molecule has 0 aliphatic heterocycles. The summed E-state index contributed by atoms with van der Waals surface area (Å²) >= 11 is 3.24. The Kier molecular flexibility index (Phi) is 3.85. The molecule has 5 heteroatoms. The van der Waals surface area contributed by atoms with Crippen LogP contribution >= 0.6 is 15.9 Å². The first kappa shape index (κ1) is 13.3. The summed E-state index contributed by atoms with van der Waals surface area (Å²) in [5.74, 6) is 0. The molecule has 0 radical (unpaired) electrons. The van der Waals surface area contributed by atoms with E-state index in [4.69, 9.17) is 5.11 Å². The molecule has 0 unspecified atom stereocenters. The van der Waals surface area contributed by atoms with Crippen LogP contribution < -0.4 is 0 Å². The van der Waals surface area contributed by atoms with Crippen molar-refractivity contribution in [3.63, 3.8) is 0 Å². The average Bonchev–Trinajstić information content (AvgIpc) is 2.40. The van der Waals surface area contributed by atoms with Crippen molar-refractivity contribution in [1.29, 1.82) is 0 Å². The normalized spacial score (nSPS) is 11.4. The Morgan fingerprint density at radius 2 is 1.67 bits per heavy atom. The standard InChI is InChI=1S/C13H11BrO3S/c14-13-10(9-15)5-4-8-12(13)18(16,17)11-6-2-1-3-7-11/h1-8,15H,9H2. The molecule has 2 aromatic carbocycles. The minimum Gasteiger partial charge on any atom is -0.392 e. The maximum Gasteiger partial charge on any atom is 0.207 e. The van der Waals surface area contributed by atoms with Gasteiger partial charge in [0.25, 0.3) is 0 Å². The van der Waals surface area contributed by atoms with Crippen molar-refractivity contribution in [2.24, 2.45) is 0 Å². The van der Waals surface area contributed by atoms with Gasteiger partial charge in [0.05, 0.1) is 16.4 Å². The van der Waals surface area contributed by atoms with Crippen molar-refractivity contribution < 1.29 is 13.5 Å². The highest BCUT2D eigenvalue weighted by atomic mass is 79.9. The molecular weight excluding hydrogens is 316 g/mol. The fraction of sp³-hybridized carbons (Fsp3) is 0.0769. The molecule has 0 amide bonds. The maximum absolute atomic E-state index is 12.4. The highest BCUT2D eigenvalue weighted by Gasteiger charge is 2.21. The number of aliphatic hydroxyl groups excluding tert-OH is 1. The predicted molar refractivity (Wildman–Crippen MR) is 72.0 cm³/mol. The number of hydrogen-bond donors (Lipinski definition) is 1. The van der Waals surface area contributed by atoms with Gasteiger partial charge in [0.2, 0.25) is 9.84 Å². The molecule has 0 bridgehead atoms. The molecule has 0 saturated carbocycles. The first-order valence-electron chi connectivity index (χ1n) is 5.26. The van der Waals surface area contributed by atoms with E-state index in [0.29, 0.717) is 10.0 Å². The molecule has 18 heavy (non-hydrogen) atoms. The predicted octanol–water partition coefficient (Wildman–Crippen LogP) is 2.77. The van der Waals surface area contributed by atoms with Crippen molar-refractivity contribution in [2.75, 3.05) is 0 Å². The summed E-state index contributed by atoms with van der Waals surface area (Å²) in [5, 5.41) is 9.15. The highest BCUT2D eigenvalue weighted by molar-refractivity contribution is 9.10. The van der Waals surface area contributed by atoms with Crippen LogP contribution in [0.1, 0.15) is 5.56 Å². The van der Waals surface area contributed by atoms with Gasteiger partial charge in [-0.15, -0.1) is 0 Å². The van der Waals surface area contributed by atoms with Gasteiger partial charge in [-0.1, -0.05) is 30.3 Å². The molecular formula is C13H11BrO3S. The molecule has 94 valence electrons. The quantitative estimate of drug-likeness (QED) is 0.943. The molecule has 0 atom stereocenters. The zero-order valence-electron chi connectivity index (χ0n) is 9.38. The molecule has 0 fully saturated rings. The van der Waals surface area contributed by atoms with Gasteiger partial charge in [-0.05, 0) is 39.7 Å². The van der Waals surface area contributed by atoms with Crippen LogP contribution in [0.3, 0.4) is 0 Å². The second kappa shape index (κ2) is 5.22. The van der Waals surface area contributed by atoms with Crippen molar-refractivity contribution in [1.82, 2.24) is 0 Å². The van der Waals surface area contributed by atoms with Crippen LogP contribution in [-0.4, -0.2) is 13.5 Å². The second-order valence-electron chi connectivity index (χ2n) is 3.70. The summed E-state index contributed by atoms with van der Waals surface area (Å²) in [7, 11) is -3.56. The summed E-state index contributed by atoms with van der Waals surface area (Å²) in [4.78, 5) is 0.404. The van der Waals surface area contributed by atoms with E-state index in [1.54, 1.807) is 42.5 Å². The third-order valence-electron chi connectivity index (χ3n) is 2.56. The van der Waals surface area contributed by atoms with E-state index < -0.39 is 9.84 Å². The van der Waals surface area contributed by atoms with Gasteiger partial charge in [0.15, 0.2) is 0 Å². The van der Waals surface area contributed by atoms with Crippen LogP contribution in [0.2, 0.25) is 0 Å². The lowest BCUT2D eigenvalue weighted by molar-refractivity contribution is 0.280. The van der Waals surface area contributed by atoms with Crippen molar-refractivity contribution in [3.8, 4) is 0 Å². The zero-order valence-corrected chi connectivity index (χ0v) is 11.8. The maximum atomic E-state index is 12.4. The number of hydrogen-bond acceptors (Lipinski definition) is 3. The molecule has 2 rings (SSSR count). The average molecular weight is 327 g/mol.